The minimum absolute atomic E-state index is 0.238. The summed E-state index contributed by atoms with van der Waals surface area (Å²) in [6.07, 6.45) is 3.99. The van der Waals surface area contributed by atoms with Crippen LogP contribution >= 0.6 is 0 Å². The number of aromatic carboxylic acids is 1. The fraction of sp³-hybridized carbons (Fsp3) is 0.467. The summed E-state index contributed by atoms with van der Waals surface area (Å²) in [7, 11) is 0. The van der Waals surface area contributed by atoms with Crippen LogP contribution in [0.25, 0.3) is 0 Å². The summed E-state index contributed by atoms with van der Waals surface area (Å²) in [6.45, 7) is 0. The molecule has 2 fully saturated rings. The second-order valence-corrected chi connectivity index (χ2v) is 5.79. The second kappa shape index (κ2) is 3.83. The molecule has 2 aliphatic carbocycles. The summed E-state index contributed by atoms with van der Waals surface area (Å²) in [5.41, 5.74) is 2.17. The van der Waals surface area contributed by atoms with Gasteiger partial charge in [-0.2, -0.15) is 0 Å². The van der Waals surface area contributed by atoms with E-state index in [0.717, 1.165) is 11.3 Å². The monoisotopic (exact) mass is 257 g/mol. The van der Waals surface area contributed by atoms with Crippen LogP contribution in [0.15, 0.2) is 29.4 Å². The summed E-state index contributed by atoms with van der Waals surface area (Å²) in [6, 6.07) is 7.03. The second-order valence-electron chi connectivity index (χ2n) is 5.79. The van der Waals surface area contributed by atoms with Crippen LogP contribution in [-0.2, 0) is 4.84 Å². The number of hydrogen-bond donors (Lipinski definition) is 1. The minimum atomic E-state index is -0.897. The third kappa shape index (κ3) is 1.52. The molecule has 0 radical (unpaired) electrons. The van der Waals surface area contributed by atoms with Crippen molar-refractivity contribution in [3.8, 4) is 0 Å². The van der Waals surface area contributed by atoms with Gasteiger partial charge >= 0.3 is 5.97 Å². The fourth-order valence-corrected chi connectivity index (χ4v) is 4.00. The maximum absolute atomic E-state index is 11.1. The lowest BCUT2D eigenvalue weighted by Crippen LogP contribution is -2.30. The number of fused-ring (bicyclic) bond motifs is 5. The molecule has 0 unspecified atom stereocenters. The molecule has 0 spiro atoms. The van der Waals surface area contributed by atoms with Gasteiger partial charge in [-0.1, -0.05) is 17.3 Å². The van der Waals surface area contributed by atoms with Crippen LogP contribution in [0.2, 0.25) is 0 Å². The van der Waals surface area contributed by atoms with Crippen molar-refractivity contribution in [1.29, 1.82) is 0 Å². The van der Waals surface area contributed by atoms with Gasteiger partial charge in [0.05, 0.1) is 11.3 Å². The summed E-state index contributed by atoms with van der Waals surface area (Å²) in [5.74, 6) is 0.803. The quantitative estimate of drug-likeness (QED) is 0.885. The van der Waals surface area contributed by atoms with E-state index in [1.54, 1.807) is 18.2 Å². The molecule has 19 heavy (non-hydrogen) atoms. The molecule has 4 atom stereocenters. The Balaban J connectivity index is 1.70. The summed E-state index contributed by atoms with van der Waals surface area (Å²) in [4.78, 5) is 16.7. The predicted octanol–water partition coefficient (Wildman–Crippen LogP) is 2.53. The fourth-order valence-electron chi connectivity index (χ4n) is 4.00. The van der Waals surface area contributed by atoms with Gasteiger partial charge < -0.3 is 9.94 Å². The Hall–Kier alpha value is -1.84. The SMILES string of the molecule is O=C(O)c1cccc(C2=NO[C@H]3[C@@H]4CC[C@@H](C4)[C@@H]23)c1. The predicted molar refractivity (Wildman–Crippen MR) is 69.1 cm³/mol. The first-order valence-corrected chi connectivity index (χ1v) is 6.81. The smallest absolute Gasteiger partial charge is 0.335 e. The van der Waals surface area contributed by atoms with E-state index in [0.29, 0.717) is 23.3 Å². The lowest BCUT2D eigenvalue weighted by molar-refractivity contribution is 0.0275. The van der Waals surface area contributed by atoms with Gasteiger partial charge in [0.2, 0.25) is 0 Å². The molecule has 1 aromatic carbocycles. The number of hydrogen-bond acceptors (Lipinski definition) is 3. The maximum atomic E-state index is 11.1. The number of rotatable bonds is 2. The molecule has 98 valence electrons. The highest BCUT2D eigenvalue weighted by atomic mass is 16.6. The molecule has 3 aliphatic rings. The summed E-state index contributed by atoms with van der Waals surface area (Å²) < 4.78 is 0. The van der Waals surface area contributed by atoms with Crippen LogP contribution in [0, 0.1) is 17.8 Å². The number of benzene rings is 1. The number of carbonyl (C=O) groups is 1. The van der Waals surface area contributed by atoms with Crippen LogP contribution in [0.5, 0.6) is 0 Å². The Morgan fingerprint density at radius 1 is 1.32 bits per heavy atom. The zero-order chi connectivity index (χ0) is 13.0. The van der Waals surface area contributed by atoms with Crippen LogP contribution < -0.4 is 0 Å². The van der Waals surface area contributed by atoms with Crippen molar-refractivity contribution < 1.29 is 14.7 Å². The first-order valence-electron chi connectivity index (χ1n) is 6.81. The van der Waals surface area contributed by atoms with Gasteiger partial charge in [-0.05, 0) is 43.2 Å². The Morgan fingerprint density at radius 2 is 2.16 bits per heavy atom. The Kier molecular flexibility index (Phi) is 2.22. The largest absolute Gasteiger partial charge is 0.478 e. The molecule has 4 rings (SSSR count). The highest BCUT2D eigenvalue weighted by molar-refractivity contribution is 6.05. The molecule has 1 aromatic rings. The van der Waals surface area contributed by atoms with E-state index in [1.165, 1.54) is 19.3 Å². The third-order valence-corrected chi connectivity index (χ3v) is 4.83. The summed E-state index contributed by atoms with van der Waals surface area (Å²) in [5, 5.41) is 13.3. The molecule has 1 heterocycles. The van der Waals surface area contributed by atoms with E-state index in [4.69, 9.17) is 9.94 Å². The zero-order valence-electron chi connectivity index (χ0n) is 10.5. The van der Waals surface area contributed by atoms with Crippen LogP contribution in [0.3, 0.4) is 0 Å². The van der Waals surface area contributed by atoms with Gasteiger partial charge in [0.15, 0.2) is 0 Å². The van der Waals surface area contributed by atoms with Gasteiger partial charge in [0.25, 0.3) is 0 Å². The van der Waals surface area contributed by atoms with Gasteiger partial charge in [-0.15, -0.1) is 0 Å². The topological polar surface area (TPSA) is 58.9 Å². The van der Waals surface area contributed by atoms with E-state index in [-0.39, 0.29) is 6.10 Å². The van der Waals surface area contributed by atoms with Crippen molar-refractivity contribution in [2.45, 2.75) is 25.4 Å². The molecule has 1 aliphatic heterocycles. The maximum Gasteiger partial charge on any atom is 0.335 e. The molecule has 0 amide bonds. The molecule has 4 heteroatoms. The summed E-state index contributed by atoms with van der Waals surface area (Å²) >= 11 is 0. The van der Waals surface area contributed by atoms with Crippen molar-refractivity contribution in [3.63, 3.8) is 0 Å². The highest BCUT2D eigenvalue weighted by Gasteiger charge is 2.54. The first-order chi connectivity index (χ1) is 9.24. The van der Waals surface area contributed by atoms with Gasteiger partial charge in [-0.3, -0.25) is 0 Å². The lowest BCUT2D eigenvalue weighted by atomic mass is 9.81. The van der Waals surface area contributed by atoms with Crippen molar-refractivity contribution in [3.05, 3.63) is 35.4 Å². The van der Waals surface area contributed by atoms with Crippen LogP contribution in [0.4, 0.5) is 0 Å². The van der Waals surface area contributed by atoms with E-state index < -0.39 is 5.97 Å². The van der Waals surface area contributed by atoms with Crippen LogP contribution in [0.1, 0.15) is 35.2 Å². The molecule has 0 aromatic heterocycles. The van der Waals surface area contributed by atoms with Crippen molar-refractivity contribution >= 4 is 11.7 Å². The zero-order valence-corrected chi connectivity index (χ0v) is 10.5. The van der Waals surface area contributed by atoms with Crippen molar-refractivity contribution in [2.75, 3.05) is 0 Å². The Bertz CT molecular complexity index is 581. The molecular weight excluding hydrogens is 242 g/mol. The molecule has 0 saturated heterocycles. The van der Waals surface area contributed by atoms with E-state index in [9.17, 15) is 4.79 Å². The van der Waals surface area contributed by atoms with Gasteiger partial charge in [0, 0.05) is 11.5 Å². The van der Waals surface area contributed by atoms with E-state index in [1.807, 2.05) is 6.07 Å². The Labute approximate surface area is 111 Å². The van der Waals surface area contributed by atoms with Gasteiger partial charge in [-0.25, -0.2) is 4.79 Å². The lowest BCUT2D eigenvalue weighted by Gasteiger charge is -2.23. The molecule has 2 bridgehead atoms. The van der Waals surface area contributed by atoms with Gasteiger partial charge in [0.1, 0.15) is 6.10 Å². The molecular formula is C15H15NO3. The number of carboxylic acid groups (broad SMARTS) is 1. The highest BCUT2D eigenvalue weighted by Crippen LogP contribution is 2.53. The van der Waals surface area contributed by atoms with E-state index in [2.05, 4.69) is 5.16 Å². The molecule has 2 saturated carbocycles. The minimum Gasteiger partial charge on any atom is -0.478 e. The standard InChI is InChI=1S/C15H15NO3/c17-15(18)11-3-1-2-9(7-11)13-12-8-4-5-10(6-8)14(12)19-16-13/h1-3,7-8,10,12,14H,4-6H2,(H,17,18)/t8-,10+,12-,14-/m0/s1. The molecule has 1 N–H and O–H groups in total. The third-order valence-electron chi connectivity index (χ3n) is 4.83. The van der Waals surface area contributed by atoms with Crippen LogP contribution in [-0.4, -0.2) is 22.9 Å². The number of oxime groups is 1. The first kappa shape index (κ1) is 11.0. The van der Waals surface area contributed by atoms with Crippen molar-refractivity contribution in [1.82, 2.24) is 0 Å². The Morgan fingerprint density at radius 3 is 3.00 bits per heavy atom. The van der Waals surface area contributed by atoms with E-state index >= 15 is 0 Å². The number of carboxylic acids is 1. The molecule has 4 nitrogen and oxygen atoms in total. The normalized spacial score (nSPS) is 34.8. The average Bonchev–Trinajstić information content (AvgIpc) is 3.11. The number of nitrogens with zero attached hydrogens (tertiary/aromatic N) is 1. The average molecular weight is 257 g/mol. The van der Waals surface area contributed by atoms with Crippen molar-refractivity contribution in [2.24, 2.45) is 22.9 Å².